The molecule has 0 bridgehead atoms. The van der Waals surface area contributed by atoms with E-state index in [4.69, 9.17) is 16.7 Å². The highest BCUT2D eigenvalue weighted by molar-refractivity contribution is 6.30. The molecule has 3 aromatic rings. The molecule has 0 fully saturated rings. The maximum absolute atomic E-state index is 13.3. The van der Waals surface area contributed by atoms with Crippen LogP contribution >= 0.6 is 11.6 Å². The molecular formula is C20H18ClFN4O. The second kappa shape index (κ2) is 7.50. The zero-order valence-electron chi connectivity index (χ0n) is 14.4. The Morgan fingerprint density at radius 3 is 2.56 bits per heavy atom. The number of hydrogen-bond acceptors (Lipinski definition) is 4. The van der Waals surface area contributed by atoms with Crippen LogP contribution in [0, 0.1) is 5.82 Å². The van der Waals surface area contributed by atoms with Crippen LogP contribution in [0.25, 0.3) is 5.70 Å². The Balaban J connectivity index is 1.76. The van der Waals surface area contributed by atoms with Gasteiger partial charge in [0.2, 0.25) is 5.95 Å². The van der Waals surface area contributed by atoms with Crippen LogP contribution in [0.15, 0.2) is 54.6 Å². The third-order valence-corrected chi connectivity index (χ3v) is 4.69. The van der Waals surface area contributed by atoms with Gasteiger partial charge in [-0.2, -0.15) is 10.1 Å². The van der Waals surface area contributed by atoms with E-state index < -0.39 is 0 Å². The molecule has 1 aliphatic heterocycles. The summed E-state index contributed by atoms with van der Waals surface area (Å²) in [6, 6.07) is 13.7. The van der Waals surface area contributed by atoms with E-state index in [2.05, 4.69) is 15.4 Å². The molecule has 1 aliphatic rings. The lowest BCUT2D eigenvalue weighted by molar-refractivity contribution is 0.287. The van der Waals surface area contributed by atoms with E-state index in [0.29, 0.717) is 29.6 Å². The minimum absolute atomic E-state index is 0.0942. The summed E-state index contributed by atoms with van der Waals surface area (Å²) in [6.45, 7) is 0.0942. The standard InChI is InChI=1S/C20H18ClFN4O/c21-15-7-3-14(4-8-15)18-12-17(13-5-9-16(22)10-6-13)23-20-24-19(2-1-11-27)25-26(18)20/h3-10,12,18,27H,1-2,11H2,(H,23,24,25)/t18-/m0/s1. The number of fused-ring (bicyclic) bond motifs is 1. The first kappa shape index (κ1) is 17.7. The Labute approximate surface area is 161 Å². The third-order valence-electron chi connectivity index (χ3n) is 4.43. The Hall–Kier alpha value is -2.70. The van der Waals surface area contributed by atoms with Gasteiger partial charge in [-0.05, 0) is 60.0 Å². The molecule has 27 heavy (non-hydrogen) atoms. The monoisotopic (exact) mass is 384 g/mol. The molecule has 0 amide bonds. The van der Waals surface area contributed by atoms with E-state index in [0.717, 1.165) is 16.8 Å². The zero-order valence-corrected chi connectivity index (χ0v) is 15.2. The quantitative estimate of drug-likeness (QED) is 0.696. The van der Waals surface area contributed by atoms with E-state index in [1.807, 2.05) is 35.0 Å². The molecule has 2 N–H and O–H groups in total. The van der Waals surface area contributed by atoms with Crippen molar-refractivity contribution in [2.45, 2.75) is 18.9 Å². The molecule has 0 saturated heterocycles. The SMILES string of the molecule is OCCCc1nc2n(n1)[C@H](c1ccc(Cl)cc1)C=C(c1ccc(F)cc1)N2. The Bertz CT molecular complexity index is 967. The summed E-state index contributed by atoms with van der Waals surface area (Å²) >= 11 is 6.03. The molecular weight excluding hydrogens is 367 g/mol. The predicted octanol–water partition coefficient (Wildman–Crippen LogP) is 4.05. The molecule has 7 heteroatoms. The topological polar surface area (TPSA) is 63.0 Å². The van der Waals surface area contributed by atoms with Gasteiger partial charge in [-0.1, -0.05) is 23.7 Å². The summed E-state index contributed by atoms with van der Waals surface area (Å²) < 4.78 is 15.1. The van der Waals surface area contributed by atoms with Crippen molar-refractivity contribution in [1.29, 1.82) is 0 Å². The number of nitrogens with zero attached hydrogens (tertiary/aromatic N) is 3. The van der Waals surface area contributed by atoms with Gasteiger partial charge in [0, 0.05) is 23.7 Å². The van der Waals surface area contributed by atoms with Gasteiger partial charge in [-0.25, -0.2) is 9.07 Å². The number of aromatic nitrogens is 3. The van der Waals surface area contributed by atoms with Gasteiger partial charge in [0.15, 0.2) is 5.82 Å². The van der Waals surface area contributed by atoms with Crippen molar-refractivity contribution >= 4 is 23.2 Å². The van der Waals surface area contributed by atoms with Gasteiger partial charge in [0.25, 0.3) is 0 Å². The van der Waals surface area contributed by atoms with Crippen molar-refractivity contribution in [3.63, 3.8) is 0 Å². The average molecular weight is 385 g/mol. The van der Waals surface area contributed by atoms with Gasteiger partial charge in [-0.15, -0.1) is 0 Å². The number of hydrogen-bond donors (Lipinski definition) is 2. The average Bonchev–Trinajstić information content (AvgIpc) is 3.10. The lowest BCUT2D eigenvalue weighted by atomic mass is 10.0. The fraction of sp³-hybridized carbons (Fsp3) is 0.200. The highest BCUT2D eigenvalue weighted by Crippen LogP contribution is 2.33. The number of benzene rings is 2. The maximum Gasteiger partial charge on any atom is 0.226 e. The molecule has 138 valence electrons. The first-order chi connectivity index (χ1) is 13.1. The number of halogens is 2. The third kappa shape index (κ3) is 3.72. The Kier molecular flexibility index (Phi) is 4.92. The van der Waals surface area contributed by atoms with Crippen molar-refractivity contribution in [2.24, 2.45) is 0 Å². The summed E-state index contributed by atoms with van der Waals surface area (Å²) in [7, 11) is 0. The van der Waals surface area contributed by atoms with E-state index in [9.17, 15) is 4.39 Å². The van der Waals surface area contributed by atoms with Crippen LogP contribution in [0.1, 0.15) is 29.4 Å². The van der Waals surface area contributed by atoms with Crippen molar-refractivity contribution in [2.75, 3.05) is 11.9 Å². The Morgan fingerprint density at radius 2 is 1.85 bits per heavy atom. The maximum atomic E-state index is 13.3. The molecule has 1 atom stereocenters. The number of nitrogens with one attached hydrogen (secondary N) is 1. The molecule has 0 unspecified atom stereocenters. The van der Waals surface area contributed by atoms with E-state index in [-0.39, 0.29) is 18.5 Å². The lowest BCUT2D eigenvalue weighted by Crippen LogP contribution is -2.20. The fourth-order valence-electron chi connectivity index (χ4n) is 3.08. The predicted molar refractivity (Wildman–Crippen MR) is 103 cm³/mol. The summed E-state index contributed by atoms with van der Waals surface area (Å²) in [5.41, 5.74) is 2.71. The van der Waals surface area contributed by atoms with Crippen LogP contribution in [0.2, 0.25) is 5.02 Å². The van der Waals surface area contributed by atoms with Crippen LogP contribution < -0.4 is 5.32 Å². The van der Waals surface area contributed by atoms with Gasteiger partial charge in [-0.3, -0.25) is 0 Å². The Morgan fingerprint density at radius 1 is 1.11 bits per heavy atom. The number of anilines is 1. The summed E-state index contributed by atoms with van der Waals surface area (Å²) in [5, 5.41) is 17.6. The molecule has 2 heterocycles. The summed E-state index contributed by atoms with van der Waals surface area (Å²) in [4.78, 5) is 4.56. The van der Waals surface area contributed by atoms with Crippen molar-refractivity contribution < 1.29 is 9.50 Å². The van der Waals surface area contributed by atoms with Gasteiger partial charge < -0.3 is 10.4 Å². The van der Waals surface area contributed by atoms with Crippen LogP contribution in [-0.4, -0.2) is 26.5 Å². The van der Waals surface area contributed by atoms with E-state index in [1.54, 1.807) is 12.1 Å². The summed E-state index contributed by atoms with van der Waals surface area (Å²) in [5.74, 6) is 1.00. The van der Waals surface area contributed by atoms with Crippen LogP contribution in [-0.2, 0) is 6.42 Å². The highest BCUT2D eigenvalue weighted by Gasteiger charge is 2.25. The van der Waals surface area contributed by atoms with Crippen molar-refractivity contribution in [3.05, 3.63) is 82.4 Å². The number of allylic oxidation sites excluding steroid dienone is 1. The number of aryl methyl sites for hydroxylation is 1. The van der Waals surface area contributed by atoms with Gasteiger partial charge in [0.05, 0.1) is 0 Å². The second-order valence-corrected chi connectivity index (χ2v) is 6.77. The first-order valence-electron chi connectivity index (χ1n) is 8.70. The molecule has 5 nitrogen and oxygen atoms in total. The zero-order chi connectivity index (χ0) is 18.8. The molecule has 1 aromatic heterocycles. The number of aliphatic hydroxyl groups excluding tert-OH is 1. The first-order valence-corrected chi connectivity index (χ1v) is 9.08. The number of aliphatic hydroxyl groups is 1. The molecule has 4 rings (SSSR count). The highest BCUT2D eigenvalue weighted by atomic mass is 35.5. The molecule has 2 aromatic carbocycles. The smallest absolute Gasteiger partial charge is 0.226 e. The van der Waals surface area contributed by atoms with E-state index in [1.165, 1.54) is 12.1 Å². The molecule has 0 aliphatic carbocycles. The lowest BCUT2D eigenvalue weighted by Gasteiger charge is -2.24. The largest absolute Gasteiger partial charge is 0.396 e. The normalized spacial score (nSPS) is 15.8. The van der Waals surface area contributed by atoms with Gasteiger partial charge >= 0.3 is 0 Å². The second-order valence-electron chi connectivity index (χ2n) is 6.33. The minimum Gasteiger partial charge on any atom is -0.396 e. The van der Waals surface area contributed by atoms with Crippen LogP contribution in [0.5, 0.6) is 0 Å². The molecule has 0 spiro atoms. The van der Waals surface area contributed by atoms with Crippen molar-refractivity contribution in [1.82, 2.24) is 14.8 Å². The van der Waals surface area contributed by atoms with Crippen molar-refractivity contribution in [3.8, 4) is 0 Å². The van der Waals surface area contributed by atoms with E-state index >= 15 is 0 Å². The summed E-state index contributed by atoms with van der Waals surface area (Å²) in [6.07, 6.45) is 3.23. The van der Waals surface area contributed by atoms with Crippen LogP contribution in [0.3, 0.4) is 0 Å². The number of rotatable bonds is 5. The molecule has 0 radical (unpaired) electrons. The molecule has 0 saturated carbocycles. The minimum atomic E-state index is -0.279. The van der Waals surface area contributed by atoms with Crippen LogP contribution in [0.4, 0.5) is 10.3 Å². The van der Waals surface area contributed by atoms with Gasteiger partial charge in [0.1, 0.15) is 11.9 Å². The fourth-order valence-corrected chi connectivity index (χ4v) is 3.20.